The molecule has 0 aromatic carbocycles. The van der Waals surface area contributed by atoms with Crippen molar-refractivity contribution in [1.82, 2.24) is 0 Å². The van der Waals surface area contributed by atoms with Crippen LogP contribution in [0.3, 0.4) is 0 Å². The Morgan fingerprint density at radius 2 is 1.11 bits per heavy atom. The fraction of sp³-hybridized carbons (Fsp3) is 0.913. The van der Waals surface area contributed by atoms with Crippen LogP contribution in [0.1, 0.15) is 123 Å². The van der Waals surface area contributed by atoms with Crippen LogP contribution in [0.4, 0.5) is 0 Å². The first-order chi connectivity index (χ1) is 13.0. The van der Waals surface area contributed by atoms with Crippen LogP contribution in [0, 0.1) is 5.92 Å². The van der Waals surface area contributed by atoms with Gasteiger partial charge in [-0.15, -0.1) is 0 Å². The number of carboxylic acid groups (broad SMARTS) is 1. The summed E-state index contributed by atoms with van der Waals surface area (Å²) in [4.78, 5) is 21.7. The first-order valence-electron chi connectivity index (χ1n) is 11.4. The number of esters is 1. The van der Waals surface area contributed by atoms with E-state index in [1.165, 1.54) is 77.0 Å². The van der Waals surface area contributed by atoms with Crippen molar-refractivity contribution >= 4 is 11.9 Å². The second kappa shape index (κ2) is 19.7. The molecule has 0 bridgehead atoms. The Labute approximate surface area is 167 Å². The van der Waals surface area contributed by atoms with Crippen molar-refractivity contribution in [2.75, 3.05) is 6.61 Å². The number of ether oxygens (including phenoxy) is 1. The van der Waals surface area contributed by atoms with Gasteiger partial charge in [-0.3, -0.25) is 9.59 Å². The highest BCUT2D eigenvalue weighted by atomic mass is 16.5. The Bertz CT molecular complexity index is 352. The lowest BCUT2D eigenvalue weighted by Crippen LogP contribution is -2.06. The SMILES string of the molecule is CC(C)CCCCCCCCCCCCCCCOC(=O)CCCC(=O)O. The minimum atomic E-state index is -0.861. The number of carbonyl (C=O) groups is 2. The molecule has 0 atom stereocenters. The molecular formula is C23H44O4. The van der Waals surface area contributed by atoms with E-state index in [0.29, 0.717) is 13.0 Å². The Morgan fingerprint density at radius 1 is 0.667 bits per heavy atom. The molecule has 0 rings (SSSR count). The van der Waals surface area contributed by atoms with Gasteiger partial charge in [0, 0.05) is 12.8 Å². The van der Waals surface area contributed by atoms with E-state index in [0.717, 1.165) is 18.8 Å². The van der Waals surface area contributed by atoms with Gasteiger partial charge in [-0.25, -0.2) is 0 Å². The highest BCUT2D eigenvalue weighted by molar-refractivity contribution is 5.71. The number of hydrogen-bond acceptors (Lipinski definition) is 3. The molecule has 4 nitrogen and oxygen atoms in total. The number of carboxylic acids is 1. The Hall–Kier alpha value is -1.06. The maximum atomic E-state index is 11.4. The minimum Gasteiger partial charge on any atom is -0.481 e. The average molecular weight is 385 g/mol. The zero-order valence-electron chi connectivity index (χ0n) is 18.0. The molecule has 4 heteroatoms. The van der Waals surface area contributed by atoms with Crippen LogP contribution in [0.25, 0.3) is 0 Å². The van der Waals surface area contributed by atoms with Gasteiger partial charge in [0.1, 0.15) is 0 Å². The zero-order chi connectivity index (χ0) is 20.2. The fourth-order valence-electron chi connectivity index (χ4n) is 3.24. The van der Waals surface area contributed by atoms with E-state index in [2.05, 4.69) is 13.8 Å². The van der Waals surface area contributed by atoms with Crippen molar-refractivity contribution in [2.45, 2.75) is 123 Å². The topological polar surface area (TPSA) is 63.6 Å². The van der Waals surface area contributed by atoms with Crippen LogP contribution >= 0.6 is 0 Å². The number of aliphatic carboxylic acids is 1. The summed E-state index contributed by atoms with van der Waals surface area (Å²) < 4.78 is 5.11. The monoisotopic (exact) mass is 384 g/mol. The maximum Gasteiger partial charge on any atom is 0.305 e. The molecular weight excluding hydrogens is 340 g/mol. The van der Waals surface area contributed by atoms with E-state index in [-0.39, 0.29) is 18.8 Å². The first kappa shape index (κ1) is 25.9. The molecule has 0 fully saturated rings. The van der Waals surface area contributed by atoms with Gasteiger partial charge in [-0.1, -0.05) is 97.3 Å². The molecule has 0 saturated carbocycles. The summed E-state index contributed by atoms with van der Waals surface area (Å²) in [6.45, 7) is 5.09. The smallest absolute Gasteiger partial charge is 0.305 e. The third-order valence-corrected chi connectivity index (χ3v) is 4.96. The minimum absolute atomic E-state index is 0.0351. The quantitative estimate of drug-likeness (QED) is 0.183. The second-order valence-corrected chi connectivity index (χ2v) is 8.25. The molecule has 27 heavy (non-hydrogen) atoms. The summed E-state index contributed by atoms with van der Waals surface area (Å²) in [5.74, 6) is -0.272. The highest BCUT2D eigenvalue weighted by Gasteiger charge is 2.04. The summed E-state index contributed by atoms with van der Waals surface area (Å²) in [5, 5.41) is 8.51. The lowest BCUT2D eigenvalue weighted by Gasteiger charge is -2.05. The Morgan fingerprint density at radius 3 is 1.56 bits per heavy atom. The van der Waals surface area contributed by atoms with Gasteiger partial charge in [0.05, 0.1) is 6.61 Å². The Balaban J connectivity index is 3.12. The van der Waals surface area contributed by atoms with Crippen LogP contribution in [0.15, 0.2) is 0 Å². The van der Waals surface area contributed by atoms with Gasteiger partial charge in [-0.05, 0) is 18.8 Å². The number of hydrogen-bond donors (Lipinski definition) is 1. The van der Waals surface area contributed by atoms with Gasteiger partial charge >= 0.3 is 11.9 Å². The summed E-state index contributed by atoms with van der Waals surface area (Å²) in [7, 11) is 0. The van der Waals surface area contributed by atoms with Crippen molar-refractivity contribution in [3.63, 3.8) is 0 Å². The molecule has 160 valence electrons. The van der Waals surface area contributed by atoms with E-state index >= 15 is 0 Å². The zero-order valence-corrected chi connectivity index (χ0v) is 18.0. The molecule has 0 radical (unpaired) electrons. The number of carbonyl (C=O) groups excluding carboxylic acids is 1. The predicted molar refractivity (Wildman–Crippen MR) is 112 cm³/mol. The summed E-state index contributed by atoms with van der Waals surface area (Å²) in [6.07, 6.45) is 19.0. The van der Waals surface area contributed by atoms with Gasteiger partial charge < -0.3 is 9.84 Å². The van der Waals surface area contributed by atoms with Crippen molar-refractivity contribution in [3.8, 4) is 0 Å². The maximum absolute atomic E-state index is 11.4. The summed E-state index contributed by atoms with van der Waals surface area (Å²) >= 11 is 0. The molecule has 0 aromatic rings. The Kier molecular flexibility index (Phi) is 18.9. The molecule has 1 N–H and O–H groups in total. The van der Waals surface area contributed by atoms with E-state index < -0.39 is 5.97 Å². The largest absolute Gasteiger partial charge is 0.481 e. The van der Waals surface area contributed by atoms with E-state index in [4.69, 9.17) is 9.84 Å². The fourth-order valence-corrected chi connectivity index (χ4v) is 3.24. The molecule has 0 amide bonds. The van der Waals surface area contributed by atoms with Gasteiger partial charge in [-0.2, -0.15) is 0 Å². The molecule has 0 aliphatic carbocycles. The molecule has 0 heterocycles. The number of unbranched alkanes of at least 4 members (excludes halogenated alkanes) is 12. The van der Waals surface area contributed by atoms with E-state index in [1.807, 2.05) is 0 Å². The third-order valence-electron chi connectivity index (χ3n) is 4.96. The molecule has 0 aliphatic rings. The second-order valence-electron chi connectivity index (χ2n) is 8.25. The van der Waals surface area contributed by atoms with Crippen molar-refractivity contribution in [3.05, 3.63) is 0 Å². The molecule has 0 aliphatic heterocycles. The van der Waals surface area contributed by atoms with Crippen molar-refractivity contribution < 1.29 is 19.4 Å². The standard InChI is InChI=1S/C23H44O4/c1-21(2)17-14-12-10-8-6-4-3-5-7-9-11-13-15-20-27-23(26)19-16-18-22(24)25/h21H,3-20H2,1-2H3,(H,24,25). The third kappa shape index (κ3) is 22.9. The average Bonchev–Trinajstić information content (AvgIpc) is 2.60. The first-order valence-corrected chi connectivity index (χ1v) is 11.4. The van der Waals surface area contributed by atoms with Crippen LogP contribution in [0.5, 0.6) is 0 Å². The van der Waals surface area contributed by atoms with E-state index in [1.54, 1.807) is 0 Å². The van der Waals surface area contributed by atoms with Crippen LogP contribution in [-0.2, 0) is 14.3 Å². The van der Waals surface area contributed by atoms with Crippen molar-refractivity contribution in [1.29, 1.82) is 0 Å². The van der Waals surface area contributed by atoms with E-state index in [9.17, 15) is 9.59 Å². The van der Waals surface area contributed by atoms with Crippen molar-refractivity contribution in [2.24, 2.45) is 5.92 Å². The van der Waals surface area contributed by atoms with Crippen LogP contribution in [0.2, 0.25) is 0 Å². The lowest BCUT2D eigenvalue weighted by molar-refractivity contribution is -0.144. The van der Waals surface area contributed by atoms with Gasteiger partial charge in [0.2, 0.25) is 0 Å². The molecule has 0 unspecified atom stereocenters. The molecule has 0 spiro atoms. The van der Waals surface area contributed by atoms with Crippen LogP contribution < -0.4 is 0 Å². The number of rotatable bonds is 20. The predicted octanol–water partition coefficient (Wildman–Crippen LogP) is 6.90. The molecule has 0 saturated heterocycles. The van der Waals surface area contributed by atoms with Gasteiger partial charge in [0.25, 0.3) is 0 Å². The lowest BCUT2D eigenvalue weighted by atomic mass is 10.0. The summed E-state index contributed by atoms with van der Waals surface area (Å²) in [5.41, 5.74) is 0. The highest BCUT2D eigenvalue weighted by Crippen LogP contribution is 2.14. The van der Waals surface area contributed by atoms with Gasteiger partial charge in [0.15, 0.2) is 0 Å². The van der Waals surface area contributed by atoms with Crippen LogP contribution in [-0.4, -0.2) is 23.7 Å². The summed E-state index contributed by atoms with van der Waals surface area (Å²) in [6, 6.07) is 0. The normalized spacial score (nSPS) is 11.1. The molecule has 0 aromatic heterocycles.